The Morgan fingerprint density at radius 3 is 2.36 bits per heavy atom. The van der Waals surface area contributed by atoms with Crippen molar-refractivity contribution in [2.75, 3.05) is 33.7 Å². The number of likely N-dealkylation sites (tertiary alicyclic amines) is 1. The number of nitrogens with zero attached hydrogens (tertiary/aromatic N) is 3. The van der Waals surface area contributed by atoms with E-state index in [2.05, 4.69) is 0 Å². The summed E-state index contributed by atoms with van der Waals surface area (Å²) in [7, 11) is -0.456. The second kappa shape index (κ2) is 8.16. The Bertz CT molecular complexity index is 841. The smallest absolute Gasteiger partial charge is 0.244 e. The van der Waals surface area contributed by atoms with Crippen LogP contribution in [0.4, 0.5) is 4.39 Å². The van der Waals surface area contributed by atoms with Gasteiger partial charge in [-0.25, -0.2) is 12.8 Å². The molecule has 0 radical (unpaired) electrons. The van der Waals surface area contributed by atoms with Crippen molar-refractivity contribution in [3.05, 3.63) is 30.1 Å². The maximum Gasteiger partial charge on any atom is 0.244 e. The molecule has 2 unspecified atom stereocenters. The maximum atomic E-state index is 13.1. The highest BCUT2D eigenvalue weighted by atomic mass is 32.2. The molecule has 0 aromatic heterocycles. The summed E-state index contributed by atoms with van der Waals surface area (Å²) in [5, 5.41) is 0. The average Bonchev–Trinajstić information content (AvgIpc) is 3.16. The fraction of sp³-hybridized carbons (Fsp3) is 0.579. The predicted molar refractivity (Wildman–Crippen MR) is 101 cm³/mol. The number of halogens is 1. The van der Waals surface area contributed by atoms with E-state index in [1.807, 2.05) is 0 Å². The molecule has 1 aromatic rings. The van der Waals surface area contributed by atoms with Crippen LogP contribution in [0, 0.1) is 11.7 Å². The Kier molecular flexibility index (Phi) is 6.04. The number of hydrogen-bond donors (Lipinski definition) is 0. The molecule has 2 saturated heterocycles. The van der Waals surface area contributed by atoms with Crippen molar-refractivity contribution < 1.29 is 22.4 Å². The van der Waals surface area contributed by atoms with E-state index in [0.29, 0.717) is 32.4 Å². The van der Waals surface area contributed by atoms with Gasteiger partial charge in [-0.3, -0.25) is 9.59 Å². The highest BCUT2D eigenvalue weighted by Gasteiger charge is 2.40. The fourth-order valence-electron chi connectivity index (χ4n) is 3.94. The van der Waals surface area contributed by atoms with Crippen molar-refractivity contribution in [3.63, 3.8) is 0 Å². The molecule has 154 valence electrons. The van der Waals surface area contributed by atoms with Crippen LogP contribution >= 0.6 is 0 Å². The van der Waals surface area contributed by atoms with Gasteiger partial charge < -0.3 is 9.80 Å². The number of piperidine rings is 1. The molecule has 2 atom stereocenters. The number of carbonyl (C=O) groups excluding carboxylic acids is 2. The van der Waals surface area contributed by atoms with Crippen molar-refractivity contribution in [2.45, 2.75) is 36.6 Å². The largest absolute Gasteiger partial charge is 0.347 e. The summed E-state index contributed by atoms with van der Waals surface area (Å²) in [6.45, 7) is 0.922. The molecule has 0 aliphatic carbocycles. The summed E-state index contributed by atoms with van der Waals surface area (Å²) in [6.07, 6.45) is 2.55. The third-order valence-corrected chi connectivity index (χ3v) is 7.33. The van der Waals surface area contributed by atoms with Crippen molar-refractivity contribution in [1.29, 1.82) is 0 Å². The molecule has 1 aromatic carbocycles. The molecule has 0 bridgehead atoms. The zero-order valence-electron chi connectivity index (χ0n) is 16.2. The van der Waals surface area contributed by atoms with Crippen LogP contribution in [0.1, 0.15) is 25.7 Å². The lowest BCUT2D eigenvalue weighted by Gasteiger charge is -2.35. The summed E-state index contributed by atoms with van der Waals surface area (Å²) in [5.41, 5.74) is 0. The lowest BCUT2D eigenvalue weighted by molar-refractivity contribution is -0.145. The summed E-state index contributed by atoms with van der Waals surface area (Å²) >= 11 is 0. The van der Waals surface area contributed by atoms with E-state index >= 15 is 0 Å². The van der Waals surface area contributed by atoms with Crippen LogP contribution in [0.3, 0.4) is 0 Å². The van der Waals surface area contributed by atoms with E-state index in [1.54, 1.807) is 19.0 Å². The second-order valence-corrected chi connectivity index (χ2v) is 9.52. The number of benzene rings is 1. The fourth-order valence-corrected chi connectivity index (χ4v) is 5.46. The van der Waals surface area contributed by atoms with Gasteiger partial charge in [-0.15, -0.1) is 0 Å². The topological polar surface area (TPSA) is 78.0 Å². The molecule has 2 fully saturated rings. The SMILES string of the molecule is CN(C)C(=O)C1CCCN1C(=O)C1CCCN(S(=O)(=O)c2ccc(F)cc2)C1. The van der Waals surface area contributed by atoms with Crippen LogP contribution in [0.2, 0.25) is 0 Å². The zero-order valence-corrected chi connectivity index (χ0v) is 17.0. The van der Waals surface area contributed by atoms with Gasteiger partial charge in [-0.2, -0.15) is 4.31 Å². The lowest BCUT2D eigenvalue weighted by Crippen LogP contribution is -2.51. The van der Waals surface area contributed by atoms with Crippen molar-refractivity contribution >= 4 is 21.8 Å². The molecule has 2 heterocycles. The quantitative estimate of drug-likeness (QED) is 0.748. The minimum absolute atomic E-state index is 0.0174. The van der Waals surface area contributed by atoms with Crippen LogP contribution in [-0.4, -0.2) is 74.1 Å². The van der Waals surface area contributed by atoms with Crippen molar-refractivity contribution in [2.24, 2.45) is 5.92 Å². The van der Waals surface area contributed by atoms with Gasteiger partial charge in [0.1, 0.15) is 11.9 Å². The number of sulfonamides is 1. The first-order chi connectivity index (χ1) is 13.2. The van der Waals surface area contributed by atoms with Crippen LogP contribution in [0.5, 0.6) is 0 Å². The Balaban J connectivity index is 1.75. The highest BCUT2D eigenvalue weighted by molar-refractivity contribution is 7.89. The first-order valence-electron chi connectivity index (χ1n) is 9.49. The van der Waals surface area contributed by atoms with E-state index in [-0.39, 0.29) is 23.3 Å². The summed E-state index contributed by atoms with van der Waals surface area (Å²) in [6, 6.07) is 4.24. The molecule has 2 amide bonds. The lowest BCUT2D eigenvalue weighted by atomic mass is 9.97. The minimum Gasteiger partial charge on any atom is -0.347 e. The van der Waals surface area contributed by atoms with E-state index < -0.39 is 27.8 Å². The van der Waals surface area contributed by atoms with Gasteiger partial charge in [0.15, 0.2) is 0 Å². The summed E-state index contributed by atoms with van der Waals surface area (Å²) in [4.78, 5) is 28.6. The van der Waals surface area contributed by atoms with Crippen molar-refractivity contribution in [1.82, 2.24) is 14.1 Å². The van der Waals surface area contributed by atoms with E-state index in [9.17, 15) is 22.4 Å². The highest BCUT2D eigenvalue weighted by Crippen LogP contribution is 2.28. The Labute approximate surface area is 165 Å². The van der Waals surface area contributed by atoms with Crippen molar-refractivity contribution in [3.8, 4) is 0 Å². The zero-order chi connectivity index (χ0) is 20.5. The molecule has 0 spiro atoms. The molecular weight excluding hydrogens is 385 g/mol. The molecule has 3 rings (SSSR count). The molecule has 28 heavy (non-hydrogen) atoms. The Morgan fingerprint density at radius 1 is 1.07 bits per heavy atom. The Morgan fingerprint density at radius 2 is 1.71 bits per heavy atom. The third-order valence-electron chi connectivity index (χ3n) is 5.45. The number of hydrogen-bond acceptors (Lipinski definition) is 4. The molecule has 0 saturated carbocycles. The molecule has 9 heteroatoms. The average molecular weight is 411 g/mol. The number of rotatable bonds is 4. The van der Waals surface area contributed by atoms with Gasteiger partial charge >= 0.3 is 0 Å². The first-order valence-corrected chi connectivity index (χ1v) is 10.9. The first kappa shape index (κ1) is 20.7. The minimum atomic E-state index is -3.79. The van der Waals surface area contributed by atoms with Crippen LogP contribution in [-0.2, 0) is 19.6 Å². The normalized spacial score (nSPS) is 23.6. The monoisotopic (exact) mass is 411 g/mol. The van der Waals surface area contributed by atoms with E-state index in [0.717, 1.165) is 18.6 Å². The standard InChI is InChI=1S/C19H26FN3O4S/c1-21(2)19(25)17-6-4-12-23(17)18(24)14-5-3-11-22(13-14)28(26,27)16-9-7-15(20)8-10-16/h7-10,14,17H,3-6,11-13H2,1-2H3. The van der Waals surface area contributed by atoms with Gasteiger partial charge in [0.2, 0.25) is 21.8 Å². The second-order valence-electron chi connectivity index (χ2n) is 7.58. The third kappa shape index (κ3) is 4.05. The van der Waals surface area contributed by atoms with Gasteiger partial charge in [-0.05, 0) is 49.9 Å². The maximum absolute atomic E-state index is 13.1. The molecule has 0 N–H and O–H groups in total. The number of amides is 2. The van der Waals surface area contributed by atoms with Gasteiger partial charge in [0, 0.05) is 33.7 Å². The van der Waals surface area contributed by atoms with E-state index in [4.69, 9.17) is 0 Å². The van der Waals surface area contributed by atoms with Gasteiger partial charge in [0.05, 0.1) is 10.8 Å². The number of carbonyl (C=O) groups is 2. The van der Waals surface area contributed by atoms with Crippen LogP contribution in [0.25, 0.3) is 0 Å². The summed E-state index contributed by atoms with van der Waals surface area (Å²) < 4.78 is 40.2. The number of likely N-dealkylation sites (N-methyl/N-ethyl adjacent to an activating group) is 1. The van der Waals surface area contributed by atoms with Gasteiger partial charge in [0.25, 0.3) is 0 Å². The molecule has 2 aliphatic heterocycles. The predicted octanol–water partition coefficient (Wildman–Crippen LogP) is 1.31. The molecule has 2 aliphatic rings. The van der Waals surface area contributed by atoms with E-state index in [1.165, 1.54) is 21.3 Å². The van der Waals surface area contributed by atoms with Gasteiger partial charge in [-0.1, -0.05) is 0 Å². The molecular formula is C19H26FN3O4S. The van der Waals surface area contributed by atoms with Crippen LogP contribution in [0.15, 0.2) is 29.2 Å². The Hall–Kier alpha value is -2.00. The summed E-state index contributed by atoms with van der Waals surface area (Å²) in [5.74, 6) is -1.23. The van der Waals surface area contributed by atoms with Crippen LogP contribution < -0.4 is 0 Å². The molecule has 7 nitrogen and oxygen atoms in total.